The van der Waals surface area contributed by atoms with Crippen molar-refractivity contribution in [2.45, 2.75) is 24.4 Å². The Kier molecular flexibility index (Phi) is 6.07. The van der Waals surface area contributed by atoms with Gasteiger partial charge in [0, 0.05) is 22.9 Å². The van der Waals surface area contributed by atoms with Gasteiger partial charge >= 0.3 is 0 Å². The van der Waals surface area contributed by atoms with Crippen LogP contribution in [-0.4, -0.2) is 25.0 Å². The van der Waals surface area contributed by atoms with Crippen LogP contribution in [0, 0.1) is 0 Å². The maximum absolute atomic E-state index is 6.25. The van der Waals surface area contributed by atoms with Crippen molar-refractivity contribution in [2.75, 3.05) is 5.32 Å². The molecule has 0 spiro atoms. The number of hydrogen-bond donors (Lipinski definition) is 1. The maximum atomic E-state index is 6.25. The number of rotatable bonds is 7. The second kappa shape index (κ2) is 9.07. The monoisotopic (exact) mass is 422 g/mol. The molecule has 4 rings (SSSR count). The van der Waals surface area contributed by atoms with Crippen LogP contribution in [0.2, 0.25) is 5.02 Å². The van der Waals surface area contributed by atoms with Crippen molar-refractivity contribution in [1.82, 2.24) is 25.0 Å². The van der Waals surface area contributed by atoms with Gasteiger partial charge in [-0.05, 0) is 30.7 Å². The molecule has 8 heteroatoms. The summed E-state index contributed by atoms with van der Waals surface area (Å²) in [6.45, 7) is 2.79. The van der Waals surface area contributed by atoms with Crippen molar-refractivity contribution in [1.29, 1.82) is 0 Å². The van der Waals surface area contributed by atoms with Crippen molar-refractivity contribution in [3.8, 4) is 11.3 Å². The first-order valence-electron chi connectivity index (χ1n) is 9.20. The average Bonchev–Trinajstić information content (AvgIpc) is 3.15. The van der Waals surface area contributed by atoms with Crippen molar-refractivity contribution >= 4 is 35.1 Å². The van der Waals surface area contributed by atoms with Crippen LogP contribution < -0.4 is 5.32 Å². The van der Waals surface area contributed by atoms with Gasteiger partial charge in [-0.15, -0.1) is 20.4 Å². The molecule has 2 heterocycles. The van der Waals surface area contributed by atoms with Gasteiger partial charge < -0.3 is 5.32 Å². The quantitative estimate of drug-likeness (QED) is 0.400. The van der Waals surface area contributed by atoms with E-state index in [1.165, 1.54) is 0 Å². The van der Waals surface area contributed by atoms with Gasteiger partial charge in [0.1, 0.15) is 0 Å². The number of halogens is 1. The van der Waals surface area contributed by atoms with E-state index in [2.05, 4.69) is 32.6 Å². The molecule has 0 aliphatic heterocycles. The van der Waals surface area contributed by atoms with E-state index in [4.69, 9.17) is 11.6 Å². The minimum atomic E-state index is 0.620. The molecule has 0 atom stereocenters. The topological polar surface area (TPSA) is 68.5 Å². The fraction of sp³-hybridized carbons (Fsp3) is 0.143. The molecule has 1 N–H and O–H groups in total. The first-order chi connectivity index (χ1) is 14.2. The average molecular weight is 423 g/mol. The van der Waals surface area contributed by atoms with E-state index in [9.17, 15) is 0 Å². The predicted molar refractivity (Wildman–Crippen MR) is 117 cm³/mol. The molecule has 2 aromatic heterocycles. The third-order valence-electron chi connectivity index (χ3n) is 4.32. The summed E-state index contributed by atoms with van der Waals surface area (Å²) in [5.74, 6) is 1.98. The molecule has 29 heavy (non-hydrogen) atoms. The number of nitrogens with zero attached hydrogens (tertiary/aromatic N) is 5. The summed E-state index contributed by atoms with van der Waals surface area (Å²) in [5.41, 5.74) is 2.92. The fourth-order valence-electron chi connectivity index (χ4n) is 2.81. The van der Waals surface area contributed by atoms with Crippen molar-refractivity contribution in [2.24, 2.45) is 0 Å². The van der Waals surface area contributed by atoms with Gasteiger partial charge in [-0.25, -0.2) is 0 Å². The predicted octanol–water partition coefficient (Wildman–Crippen LogP) is 5.44. The molecular formula is C21H19ClN6S. The Hall–Kier alpha value is -2.90. The van der Waals surface area contributed by atoms with Crippen LogP contribution in [0.5, 0.6) is 0 Å². The first-order valence-corrected chi connectivity index (χ1v) is 10.6. The Balaban J connectivity index is 1.47. The molecule has 0 radical (unpaired) electrons. The van der Waals surface area contributed by atoms with Crippen LogP contribution in [-0.2, 0) is 12.3 Å². The van der Waals surface area contributed by atoms with E-state index in [1.807, 2.05) is 71.3 Å². The summed E-state index contributed by atoms with van der Waals surface area (Å²) in [6, 6.07) is 21.6. The molecule has 0 saturated heterocycles. The van der Waals surface area contributed by atoms with Crippen molar-refractivity contribution < 1.29 is 0 Å². The maximum Gasteiger partial charge on any atom is 0.230 e. The fourth-order valence-corrected chi connectivity index (χ4v) is 4.10. The molecule has 0 unspecified atom stereocenters. The normalized spacial score (nSPS) is 10.8. The Morgan fingerprint density at radius 3 is 2.41 bits per heavy atom. The number of nitrogens with one attached hydrogen (secondary N) is 1. The SMILES string of the molecule is CCn1c(Nc2ccc(-c3ccccc3)nn2)nnc1SCc1ccccc1Cl. The Morgan fingerprint density at radius 1 is 0.897 bits per heavy atom. The van der Waals surface area contributed by atoms with Crippen LogP contribution in [0.3, 0.4) is 0 Å². The molecule has 0 fully saturated rings. The molecule has 0 amide bonds. The number of thioether (sulfide) groups is 1. The molecule has 2 aromatic carbocycles. The van der Waals surface area contributed by atoms with Gasteiger partial charge in [0.15, 0.2) is 11.0 Å². The third-order valence-corrected chi connectivity index (χ3v) is 5.71. The van der Waals surface area contributed by atoms with E-state index < -0.39 is 0 Å². The summed E-state index contributed by atoms with van der Waals surface area (Å²) in [7, 11) is 0. The Bertz CT molecular complexity index is 1080. The van der Waals surface area contributed by atoms with E-state index in [0.29, 0.717) is 11.8 Å². The zero-order valence-electron chi connectivity index (χ0n) is 15.8. The van der Waals surface area contributed by atoms with Crippen LogP contribution >= 0.6 is 23.4 Å². The molecule has 4 aromatic rings. The van der Waals surface area contributed by atoms with E-state index in [-0.39, 0.29) is 0 Å². The number of anilines is 2. The number of hydrogen-bond acceptors (Lipinski definition) is 6. The van der Waals surface area contributed by atoms with Gasteiger partial charge in [0.05, 0.1) is 5.69 Å². The number of aromatic nitrogens is 5. The minimum absolute atomic E-state index is 0.620. The molecule has 0 bridgehead atoms. The zero-order valence-corrected chi connectivity index (χ0v) is 17.4. The van der Waals surface area contributed by atoms with E-state index >= 15 is 0 Å². The van der Waals surface area contributed by atoms with Gasteiger partial charge in [0.2, 0.25) is 5.95 Å². The lowest BCUT2D eigenvalue weighted by molar-refractivity contribution is 0.687. The summed E-state index contributed by atoms with van der Waals surface area (Å²) in [4.78, 5) is 0. The molecule has 6 nitrogen and oxygen atoms in total. The Morgan fingerprint density at radius 2 is 1.69 bits per heavy atom. The highest BCUT2D eigenvalue weighted by atomic mass is 35.5. The second-order valence-electron chi connectivity index (χ2n) is 6.23. The lowest BCUT2D eigenvalue weighted by atomic mass is 10.1. The molecule has 0 saturated carbocycles. The standard InChI is InChI=1S/C21H19ClN6S/c1-2-28-20(26-27-21(28)29-14-16-10-6-7-11-17(16)22)23-19-13-12-18(24-25-19)15-8-4-3-5-9-15/h3-13H,2,14H2,1H3,(H,23,25,26). The highest BCUT2D eigenvalue weighted by Crippen LogP contribution is 2.27. The van der Waals surface area contributed by atoms with Crippen LogP contribution in [0.4, 0.5) is 11.8 Å². The lowest BCUT2D eigenvalue weighted by Crippen LogP contribution is -2.05. The third kappa shape index (κ3) is 4.58. The van der Waals surface area contributed by atoms with Crippen molar-refractivity contribution in [3.05, 3.63) is 77.3 Å². The van der Waals surface area contributed by atoms with Crippen LogP contribution in [0.1, 0.15) is 12.5 Å². The summed E-state index contributed by atoms with van der Waals surface area (Å²) < 4.78 is 2.01. The molecule has 0 aliphatic rings. The molecule has 146 valence electrons. The van der Waals surface area contributed by atoms with Crippen molar-refractivity contribution in [3.63, 3.8) is 0 Å². The summed E-state index contributed by atoms with van der Waals surface area (Å²) >= 11 is 7.85. The number of benzene rings is 2. The summed E-state index contributed by atoms with van der Waals surface area (Å²) in [5, 5.41) is 22.0. The summed E-state index contributed by atoms with van der Waals surface area (Å²) in [6.07, 6.45) is 0. The second-order valence-corrected chi connectivity index (χ2v) is 7.58. The highest BCUT2D eigenvalue weighted by Gasteiger charge is 2.13. The van der Waals surface area contributed by atoms with Crippen LogP contribution in [0.15, 0.2) is 71.9 Å². The highest BCUT2D eigenvalue weighted by molar-refractivity contribution is 7.98. The van der Waals surface area contributed by atoms with E-state index in [0.717, 1.165) is 39.3 Å². The Labute approximate surface area is 178 Å². The zero-order chi connectivity index (χ0) is 20.1. The largest absolute Gasteiger partial charge is 0.307 e. The molecule has 0 aliphatic carbocycles. The van der Waals surface area contributed by atoms with Gasteiger partial charge in [0.25, 0.3) is 0 Å². The van der Waals surface area contributed by atoms with Gasteiger partial charge in [-0.3, -0.25) is 4.57 Å². The van der Waals surface area contributed by atoms with Gasteiger partial charge in [-0.2, -0.15) is 0 Å². The lowest BCUT2D eigenvalue weighted by Gasteiger charge is -2.09. The van der Waals surface area contributed by atoms with E-state index in [1.54, 1.807) is 11.8 Å². The molecular weight excluding hydrogens is 404 g/mol. The van der Waals surface area contributed by atoms with Crippen LogP contribution in [0.25, 0.3) is 11.3 Å². The first kappa shape index (κ1) is 19.4. The van der Waals surface area contributed by atoms with Gasteiger partial charge in [-0.1, -0.05) is 71.9 Å². The smallest absolute Gasteiger partial charge is 0.230 e. The minimum Gasteiger partial charge on any atom is -0.307 e.